The van der Waals surface area contributed by atoms with Crippen molar-refractivity contribution in [3.8, 4) is 0 Å². The lowest BCUT2D eigenvalue weighted by atomic mass is 10.0. The highest BCUT2D eigenvalue weighted by molar-refractivity contribution is 5.68. The minimum atomic E-state index is -0.998. The van der Waals surface area contributed by atoms with Crippen molar-refractivity contribution in [3.05, 3.63) is 71.8 Å². The van der Waals surface area contributed by atoms with Crippen molar-refractivity contribution in [2.75, 3.05) is 6.54 Å². The summed E-state index contributed by atoms with van der Waals surface area (Å²) in [5, 5.41) is 15.4. The van der Waals surface area contributed by atoms with Crippen LogP contribution in [-0.4, -0.2) is 52.6 Å². The minimum absolute atomic E-state index is 0.0768. The van der Waals surface area contributed by atoms with Crippen LogP contribution < -0.4 is 10.7 Å². The second-order valence-electron chi connectivity index (χ2n) is 9.43. The van der Waals surface area contributed by atoms with Gasteiger partial charge >= 0.3 is 12.2 Å². The summed E-state index contributed by atoms with van der Waals surface area (Å²) in [5.41, 5.74) is 3.86. The molecule has 0 fully saturated rings. The zero-order valence-electron chi connectivity index (χ0n) is 20.7. The monoisotopic (exact) mass is 471 g/mol. The van der Waals surface area contributed by atoms with Gasteiger partial charge in [-0.15, -0.1) is 0 Å². The largest absolute Gasteiger partial charge is 0.445 e. The summed E-state index contributed by atoms with van der Waals surface area (Å²) < 4.78 is 10.7. The number of amides is 2. The van der Waals surface area contributed by atoms with E-state index in [1.165, 1.54) is 0 Å². The molecule has 0 aromatic heterocycles. The summed E-state index contributed by atoms with van der Waals surface area (Å²) in [6.45, 7) is 9.31. The normalized spacial score (nSPS) is 13.3. The average Bonchev–Trinajstić information content (AvgIpc) is 2.77. The molecule has 2 aromatic carbocycles. The smallest absolute Gasteiger partial charge is 0.422 e. The van der Waals surface area contributed by atoms with E-state index in [0.29, 0.717) is 6.42 Å². The van der Waals surface area contributed by atoms with Crippen LogP contribution in [0.4, 0.5) is 9.59 Å². The third-order valence-electron chi connectivity index (χ3n) is 4.92. The van der Waals surface area contributed by atoms with Gasteiger partial charge in [0.25, 0.3) is 0 Å². The lowest BCUT2D eigenvalue weighted by Gasteiger charge is -2.33. The molecule has 2 aromatic rings. The molecule has 0 heterocycles. The molecule has 0 aliphatic carbocycles. The third-order valence-corrected chi connectivity index (χ3v) is 4.92. The van der Waals surface area contributed by atoms with E-state index in [1.54, 1.807) is 25.8 Å². The lowest BCUT2D eigenvalue weighted by Crippen LogP contribution is -2.55. The van der Waals surface area contributed by atoms with Gasteiger partial charge in [-0.2, -0.15) is 0 Å². The second-order valence-corrected chi connectivity index (χ2v) is 9.43. The van der Waals surface area contributed by atoms with Crippen molar-refractivity contribution in [1.82, 2.24) is 15.8 Å². The molecule has 3 N–H and O–H groups in total. The number of nitrogens with zero attached hydrogens (tertiary/aromatic N) is 1. The number of rotatable bonds is 10. The van der Waals surface area contributed by atoms with Gasteiger partial charge in [0, 0.05) is 12.6 Å². The number of hydrogen-bond donors (Lipinski definition) is 3. The Morgan fingerprint density at radius 3 is 2.03 bits per heavy atom. The fourth-order valence-corrected chi connectivity index (χ4v) is 3.20. The standard InChI is InChI=1S/C26H37N3O5/c1-19(2)29(28-25(32)34-26(3,4)5)17-23(30)22(16-20-12-8-6-9-13-20)27-24(31)33-18-21-14-10-7-11-15-21/h6-15,19,22-23,30H,16-18H2,1-5H3,(H,27,31)(H,28,32)/t22-,23+/m0/s1. The molecule has 2 atom stereocenters. The van der Waals surface area contributed by atoms with E-state index >= 15 is 0 Å². The maximum absolute atomic E-state index is 12.5. The molecule has 0 spiro atoms. The van der Waals surface area contributed by atoms with Crippen LogP contribution in [-0.2, 0) is 22.5 Å². The highest BCUT2D eigenvalue weighted by Gasteiger charge is 2.27. The molecule has 186 valence electrons. The van der Waals surface area contributed by atoms with E-state index < -0.39 is 29.9 Å². The fraction of sp³-hybridized carbons (Fsp3) is 0.462. The molecule has 0 aliphatic heterocycles. The molecule has 2 amide bonds. The second kappa shape index (κ2) is 13.0. The number of nitrogens with one attached hydrogen (secondary N) is 2. The van der Waals surface area contributed by atoms with Crippen molar-refractivity contribution in [2.45, 2.75) is 71.4 Å². The summed E-state index contributed by atoms with van der Waals surface area (Å²) in [5.74, 6) is 0. The van der Waals surface area contributed by atoms with Gasteiger partial charge in [0.2, 0.25) is 0 Å². The summed E-state index contributed by atoms with van der Waals surface area (Å²) in [7, 11) is 0. The number of carbonyl (C=O) groups excluding carboxylic acids is 2. The Morgan fingerprint density at radius 1 is 0.941 bits per heavy atom. The van der Waals surface area contributed by atoms with Crippen molar-refractivity contribution >= 4 is 12.2 Å². The van der Waals surface area contributed by atoms with Gasteiger partial charge in [0.1, 0.15) is 12.2 Å². The van der Waals surface area contributed by atoms with Crippen LogP contribution in [0.25, 0.3) is 0 Å². The molecule has 34 heavy (non-hydrogen) atoms. The molecule has 0 bridgehead atoms. The number of alkyl carbamates (subject to hydrolysis) is 1. The number of carbonyl (C=O) groups is 2. The molecule has 0 unspecified atom stereocenters. The van der Waals surface area contributed by atoms with Crippen LogP contribution in [0.2, 0.25) is 0 Å². The predicted molar refractivity (Wildman–Crippen MR) is 131 cm³/mol. The first-order valence-electron chi connectivity index (χ1n) is 11.5. The van der Waals surface area contributed by atoms with E-state index in [9.17, 15) is 14.7 Å². The summed E-state index contributed by atoms with van der Waals surface area (Å²) in [4.78, 5) is 24.8. The molecule has 0 radical (unpaired) electrons. The lowest BCUT2D eigenvalue weighted by molar-refractivity contribution is 0.00701. The zero-order chi connectivity index (χ0) is 25.1. The number of aliphatic hydroxyl groups is 1. The molecule has 0 saturated carbocycles. The van der Waals surface area contributed by atoms with Gasteiger partial charge in [0.15, 0.2) is 0 Å². The van der Waals surface area contributed by atoms with Gasteiger partial charge in [-0.3, -0.25) is 5.43 Å². The molecular formula is C26H37N3O5. The third kappa shape index (κ3) is 10.2. The van der Waals surface area contributed by atoms with E-state index in [0.717, 1.165) is 11.1 Å². The van der Waals surface area contributed by atoms with Crippen LogP contribution in [0.3, 0.4) is 0 Å². The summed E-state index contributed by atoms with van der Waals surface area (Å²) in [6, 6.07) is 18.2. The first-order chi connectivity index (χ1) is 16.0. The van der Waals surface area contributed by atoms with Crippen molar-refractivity contribution in [1.29, 1.82) is 0 Å². The highest BCUT2D eigenvalue weighted by atomic mass is 16.6. The number of hydrazine groups is 1. The number of benzene rings is 2. The SMILES string of the molecule is CC(C)N(C[C@@H](O)[C@H](Cc1ccccc1)NC(=O)OCc1ccccc1)NC(=O)OC(C)(C)C. The molecule has 8 heteroatoms. The average molecular weight is 472 g/mol. The molecule has 8 nitrogen and oxygen atoms in total. The zero-order valence-corrected chi connectivity index (χ0v) is 20.7. The predicted octanol–water partition coefficient (Wildman–Crippen LogP) is 4.04. The van der Waals surface area contributed by atoms with E-state index in [4.69, 9.17) is 9.47 Å². The Kier molecular flexibility index (Phi) is 10.3. The van der Waals surface area contributed by atoms with Crippen molar-refractivity contribution in [3.63, 3.8) is 0 Å². The topological polar surface area (TPSA) is 100 Å². The summed E-state index contributed by atoms with van der Waals surface area (Å²) >= 11 is 0. The van der Waals surface area contributed by atoms with Gasteiger partial charge in [-0.1, -0.05) is 60.7 Å². The molecule has 2 rings (SSSR count). The van der Waals surface area contributed by atoms with E-state index in [-0.39, 0.29) is 19.2 Å². The summed E-state index contributed by atoms with van der Waals surface area (Å²) in [6.07, 6.45) is -1.84. The first-order valence-corrected chi connectivity index (χ1v) is 11.5. The molecule has 0 aliphatic rings. The van der Waals surface area contributed by atoms with Gasteiger partial charge < -0.3 is 19.9 Å². The van der Waals surface area contributed by atoms with Crippen LogP contribution in [0.5, 0.6) is 0 Å². The Balaban J connectivity index is 2.06. The van der Waals surface area contributed by atoms with Crippen molar-refractivity contribution < 1.29 is 24.2 Å². The fourth-order valence-electron chi connectivity index (χ4n) is 3.20. The number of aliphatic hydroxyl groups excluding tert-OH is 1. The van der Waals surface area contributed by atoms with Crippen LogP contribution in [0.15, 0.2) is 60.7 Å². The van der Waals surface area contributed by atoms with E-state index in [2.05, 4.69) is 10.7 Å². The Hall–Kier alpha value is -3.10. The minimum Gasteiger partial charge on any atom is -0.445 e. The highest BCUT2D eigenvalue weighted by Crippen LogP contribution is 2.11. The van der Waals surface area contributed by atoms with Crippen LogP contribution in [0.1, 0.15) is 45.7 Å². The quantitative estimate of drug-likeness (QED) is 0.452. The first kappa shape index (κ1) is 27.1. The van der Waals surface area contributed by atoms with Crippen LogP contribution in [0, 0.1) is 0 Å². The van der Waals surface area contributed by atoms with Crippen molar-refractivity contribution in [2.24, 2.45) is 0 Å². The van der Waals surface area contributed by atoms with Gasteiger partial charge in [-0.25, -0.2) is 14.6 Å². The van der Waals surface area contributed by atoms with Gasteiger partial charge in [0.05, 0.1) is 12.1 Å². The number of ether oxygens (including phenoxy) is 2. The van der Waals surface area contributed by atoms with Gasteiger partial charge in [-0.05, 0) is 52.2 Å². The maximum atomic E-state index is 12.5. The van der Waals surface area contributed by atoms with Crippen LogP contribution >= 0.6 is 0 Å². The molecular weight excluding hydrogens is 434 g/mol. The number of hydrogen-bond acceptors (Lipinski definition) is 6. The maximum Gasteiger partial charge on any atom is 0.422 e. The molecule has 0 saturated heterocycles. The Labute approximate surface area is 202 Å². The van der Waals surface area contributed by atoms with E-state index in [1.807, 2.05) is 74.5 Å². The Morgan fingerprint density at radius 2 is 1.50 bits per heavy atom. The Bertz CT molecular complexity index is 884.